The van der Waals surface area contributed by atoms with E-state index < -0.39 is 90.3 Å². The molecule has 5 nitrogen and oxygen atoms in total. The molecule has 2 aromatic rings. The Kier molecular flexibility index (Phi) is 14.8. The van der Waals surface area contributed by atoms with Gasteiger partial charge in [0.25, 0.3) is 0 Å². The van der Waals surface area contributed by atoms with E-state index in [0.29, 0.717) is 24.1 Å². The van der Waals surface area contributed by atoms with E-state index in [9.17, 15) is 119 Å². The van der Waals surface area contributed by atoms with Crippen LogP contribution >= 0.6 is 0 Å². The van der Waals surface area contributed by atoms with Crippen molar-refractivity contribution < 1.29 is 133 Å². The number of rotatable bonds is 22. The Hall–Kier alpha value is -3.87. The second kappa shape index (κ2) is 16.9. The molecule has 0 saturated heterocycles. The summed E-state index contributed by atoms with van der Waals surface area (Å²) in [5, 5.41) is 0. The van der Waals surface area contributed by atoms with E-state index in [1.807, 2.05) is 6.92 Å². The molecule has 0 atom stereocenters. The number of hydrogen-bond acceptors (Lipinski definition) is 5. The standard InChI is InChI=1S/C30H21F27N2O3/c1-2-3-4-5-6-14-11-58-17(59-12-14)15-7-9-16(10-8-15)60-13-18(31,32)19(33,34)20(35,36)24(43,44)27(50,51)61-29(54,55)30(56,57)62-28(52,53)25(45,46)22(39,40)21(37,38)23(41,42)26(47,48)49/h7-12H,2-6,13H2,1H3. The van der Waals surface area contributed by atoms with E-state index in [2.05, 4.69) is 14.7 Å². The number of hydrogen-bond donors (Lipinski definition) is 0. The lowest BCUT2D eigenvalue weighted by Crippen LogP contribution is -2.71. The lowest BCUT2D eigenvalue weighted by molar-refractivity contribution is -0.559. The highest BCUT2D eigenvalue weighted by Crippen LogP contribution is 2.63. The van der Waals surface area contributed by atoms with E-state index in [0.717, 1.165) is 47.3 Å². The van der Waals surface area contributed by atoms with Crippen molar-refractivity contribution in [2.75, 3.05) is 6.61 Å². The molecule has 0 bridgehead atoms. The third-order valence-electron chi connectivity index (χ3n) is 7.93. The molecule has 0 aliphatic rings. The second-order valence-electron chi connectivity index (χ2n) is 12.5. The number of aromatic nitrogens is 2. The molecule has 2 rings (SSSR count). The first kappa shape index (κ1) is 54.3. The predicted molar refractivity (Wildman–Crippen MR) is 148 cm³/mol. The summed E-state index contributed by atoms with van der Waals surface area (Å²) in [6, 6.07) is 3.03. The average Bonchev–Trinajstić information content (AvgIpc) is 3.11. The number of unbranched alkanes of at least 4 members (excludes halogenated alkanes) is 3. The summed E-state index contributed by atoms with van der Waals surface area (Å²) < 4.78 is 373. The van der Waals surface area contributed by atoms with Crippen molar-refractivity contribution in [3.05, 3.63) is 42.2 Å². The van der Waals surface area contributed by atoms with Crippen LogP contribution in [0.1, 0.15) is 38.2 Å². The van der Waals surface area contributed by atoms with Crippen LogP contribution in [0.2, 0.25) is 0 Å². The number of halogens is 27. The normalized spacial score (nSPS) is 15.3. The van der Waals surface area contributed by atoms with Crippen LogP contribution in [0.5, 0.6) is 5.75 Å². The van der Waals surface area contributed by atoms with Gasteiger partial charge in [-0.3, -0.25) is 0 Å². The van der Waals surface area contributed by atoms with E-state index in [4.69, 9.17) is 0 Å². The zero-order valence-electron chi connectivity index (χ0n) is 29.5. The van der Waals surface area contributed by atoms with Crippen LogP contribution in [0.4, 0.5) is 119 Å². The smallest absolute Gasteiger partial charge is 0.460 e. The van der Waals surface area contributed by atoms with Gasteiger partial charge in [0, 0.05) is 18.0 Å². The summed E-state index contributed by atoms with van der Waals surface area (Å²) in [5.74, 6) is -68.9. The largest absolute Gasteiger partial charge is 0.487 e. The highest BCUT2D eigenvalue weighted by Gasteiger charge is 2.93. The molecule has 62 heavy (non-hydrogen) atoms. The maximum Gasteiger partial charge on any atom is 0.460 e. The monoisotopic (exact) mass is 970 g/mol. The summed E-state index contributed by atoms with van der Waals surface area (Å²) in [6.45, 7) is -1.26. The SMILES string of the molecule is CCCCCCc1cnc(-c2ccc(OCC(F)(F)C(F)(F)C(F)(F)C(F)(F)C(F)(F)OC(F)(F)C(F)(F)OC(F)(F)C(F)(F)C(F)(F)C(F)(F)C(F)(F)C(F)(F)F)cc2)nc1. The molecule has 32 heteroatoms. The van der Waals surface area contributed by atoms with Gasteiger partial charge >= 0.3 is 78.0 Å². The van der Waals surface area contributed by atoms with Gasteiger partial charge in [-0.25, -0.2) is 19.4 Å². The maximum absolute atomic E-state index is 14.3. The summed E-state index contributed by atoms with van der Waals surface area (Å²) >= 11 is 0. The molecule has 1 aromatic carbocycles. The number of aryl methyl sites for hydroxylation is 1. The molecule has 1 aromatic heterocycles. The van der Waals surface area contributed by atoms with Crippen LogP contribution in [-0.2, 0) is 15.9 Å². The molecule has 0 radical (unpaired) electrons. The predicted octanol–water partition coefficient (Wildman–Crippen LogP) is 12.7. The molecule has 358 valence electrons. The molecule has 1 heterocycles. The summed E-state index contributed by atoms with van der Waals surface area (Å²) in [5.41, 5.74) is 0.715. The highest BCUT2D eigenvalue weighted by molar-refractivity contribution is 5.55. The van der Waals surface area contributed by atoms with Crippen LogP contribution in [0.3, 0.4) is 0 Å². The summed E-state index contributed by atoms with van der Waals surface area (Å²) in [6.07, 6.45) is -35.7. The van der Waals surface area contributed by atoms with Crippen molar-refractivity contribution in [3.63, 3.8) is 0 Å². The number of benzene rings is 1. The highest BCUT2D eigenvalue weighted by atomic mass is 19.4. The molecule has 0 unspecified atom stereocenters. The van der Waals surface area contributed by atoms with Crippen molar-refractivity contribution in [1.82, 2.24) is 9.97 Å². The van der Waals surface area contributed by atoms with Crippen molar-refractivity contribution in [2.24, 2.45) is 0 Å². The quantitative estimate of drug-likeness (QED) is 0.0869. The minimum Gasteiger partial charge on any atom is -0.487 e. The van der Waals surface area contributed by atoms with Crippen LogP contribution in [0, 0.1) is 0 Å². The Labute approximate surface area is 326 Å². The Morgan fingerprint density at radius 2 is 0.823 bits per heavy atom. The minimum absolute atomic E-state index is 0.0377. The fourth-order valence-electron chi connectivity index (χ4n) is 4.29. The van der Waals surface area contributed by atoms with Crippen LogP contribution in [0.15, 0.2) is 36.7 Å². The lowest BCUT2D eigenvalue weighted by atomic mass is 9.97. The van der Waals surface area contributed by atoms with Gasteiger partial charge in [0.2, 0.25) is 0 Å². The van der Waals surface area contributed by atoms with Gasteiger partial charge in [0.1, 0.15) is 5.75 Å². The first-order valence-electron chi connectivity index (χ1n) is 15.9. The van der Waals surface area contributed by atoms with Gasteiger partial charge in [-0.2, -0.15) is 119 Å². The molecule has 0 fully saturated rings. The molecule has 0 aliphatic carbocycles. The van der Waals surface area contributed by atoms with Gasteiger partial charge in [-0.05, 0) is 42.7 Å². The Morgan fingerprint density at radius 1 is 0.435 bits per heavy atom. The summed E-state index contributed by atoms with van der Waals surface area (Å²) in [4.78, 5) is 7.99. The number of alkyl halides is 27. The lowest BCUT2D eigenvalue weighted by Gasteiger charge is -2.41. The number of ether oxygens (including phenoxy) is 3. The maximum atomic E-state index is 14.3. The van der Waals surface area contributed by atoms with Gasteiger partial charge in [-0.15, -0.1) is 0 Å². The Morgan fingerprint density at radius 3 is 1.21 bits per heavy atom. The molecule has 0 N–H and O–H groups in total. The molecule has 0 aliphatic heterocycles. The van der Waals surface area contributed by atoms with Crippen LogP contribution < -0.4 is 4.74 Å². The van der Waals surface area contributed by atoms with Crippen LogP contribution in [0.25, 0.3) is 11.4 Å². The van der Waals surface area contributed by atoms with Crippen LogP contribution in [-0.4, -0.2) is 94.6 Å². The van der Waals surface area contributed by atoms with E-state index in [1.54, 1.807) is 0 Å². The molecule has 0 spiro atoms. The van der Waals surface area contributed by atoms with E-state index >= 15 is 0 Å². The molecular weight excluding hydrogens is 949 g/mol. The van der Waals surface area contributed by atoms with Gasteiger partial charge in [-0.1, -0.05) is 26.2 Å². The molecular formula is C30H21F27N2O3. The van der Waals surface area contributed by atoms with Gasteiger partial charge < -0.3 is 4.74 Å². The van der Waals surface area contributed by atoms with Crippen molar-refractivity contribution in [3.8, 4) is 17.1 Å². The zero-order valence-corrected chi connectivity index (χ0v) is 29.5. The Balaban J connectivity index is 2.33. The van der Waals surface area contributed by atoms with Crippen molar-refractivity contribution >= 4 is 0 Å². The third kappa shape index (κ3) is 9.48. The first-order valence-corrected chi connectivity index (χ1v) is 15.9. The topological polar surface area (TPSA) is 53.5 Å². The Bertz CT molecular complexity index is 1800. The zero-order chi connectivity index (χ0) is 48.8. The average molecular weight is 970 g/mol. The molecule has 0 amide bonds. The number of nitrogens with zero attached hydrogens (tertiary/aromatic N) is 2. The van der Waals surface area contributed by atoms with Gasteiger partial charge in [0.15, 0.2) is 12.4 Å². The summed E-state index contributed by atoms with van der Waals surface area (Å²) in [7, 11) is 0. The first-order chi connectivity index (χ1) is 27.4. The van der Waals surface area contributed by atoms with E-state index in [-0.39, 0.29) is 11.4 Å². The van der Waals surface area contributed by atoms with E-state index in [1.165, 1.54) is 12.4 Å². The van der Waals surface area contributed by atoms with Gasteiger partial charge in [0.05, 0.1) is 0 Å². The second-order valence-corrected chi connectivity index (χ2v) is 12.5. The van der Waals surface area contributed by atoms with Crippen molar-refractivity contribution in [2.45, 2.75) is 117 Å². The molecule has 0 saturated carbocycles. The fourth-order valence-corrected chi connectivity index (χ4v) is 4.29. The van der Waals surface area contributed by atoms with Crippen molar-refractivity contribution in [1.29, 1.82) is 0 Å². The third-order valence-corrected chi connectivity index (χ3v) is 7.93. The minimum atomic E-state index is -9.09. The fraction of sp³-hybridized carbons (Fsp3) is 0.667.